The van der Waals surface area contributed by atoms with Gasteiger partial charge in [-0.3, -0.25) is 13.9 Å². The average molecular weight is 512 g/mol. The number of carbonyl (C=O) groups excluding carboxylic acids is 2. The Morgan fingerprint density at radius 3 is 2.17 bits per heavy atom. The van der Waals surface area contributed by atoms with Crippen LogP contribution in [0.2, 0.25) is 0 Å². The summed E-state index contributed by atoms with van der Waals surface area (Å²) in [5.41, 5.74) is 1.56. The van der Waals surface area contributed by atoms with Gasteiger partial charge in [0.05, 0.1) is 10.6 Å². The Hall–Kier alpha value is -3.72. The summed E-state index contributed by atoms with van der Waals surface area (Å²) in [4.78, 5) is 27.3. The summed E-state index contributed by atoms with van der Waals surface area (Å²) in [6.07, 6.45) is 0.457. The number of aryl methyl sites for hydroxylation is 1. The Morgan fingerprint density at radius 2 is 1.56 bits per heavy atom. The van der Waals surface area contributed by atoms with Crippen LogP contribution in [0.1, 0.15) is 18.1 Å². The predicted molar refractivity (Wildman–Crippen MR) is 137 cm³/mol. The lowest BCUT2D eigenvalue weighted by Gasteiger charge is -2.31. The standard InChI is InChI=1S/C27H30FN3O4S/c1-20-13-15-23(16-14-20)36(34,35)31(25-12-8-7-11-24(25)28)19-26(32)30(21(2)27(33)29-3)18-17-22-9-5-4-6-10-22/h4-16,21H,17-19H2,1-3H3,(H,29,33). The van der Waals surface area contributed by atoms with Crippen molar-refractivity contribution in [2.24, 2.45) is 0 Å². The van der Waals surface area contributed by atoms with Gasteiger partial charge in [0.15, 0.2) is 0 Å². The summed E-state index contributed by atoms with van der Waals surface area (Å²) in [5.74, 6) is -1.80. The maximum Gasteiger partial charge on any atom is 0.264 e. The van der Waals surface area contributed by atoms with Gasteiger partial charge in [0.1, 0.15) is 18.4 Å². The molecular weight excluding hydrogens is 481 g/mol. The highest BCUT2D eigenvalue weighted by atomic mass is 32.2. The van der Waals surface area contributed by atoms with E-state index in [1.54, 1.807) is 19.1 Å². The van der Waals surface area contributed by atoms with Gasteiger partial charge in [-0.05, 0) is 50.1 Å². The number of benzene rings is 3. The summed E-state index contributed by atoms with van der Waals surface area (Å²) < 4.78 is 42.8. The summed E-state index contributed by atoms with van der Waals surface area (Å²) in [6.45, 7) is 2.89. The molecule has 190 valence electrons. The Kier molecular flexibility index (Phi) is 8.82. The molecule has 1 N–H and O–H groups in total. The summed E-state index contributed by atoms with van der Waals surface area (Å²) in [5, 5.41) is 2.53. The van der Waals surface area contributed by atoms with Crippen molar-refractivity contribution < 1.29 is 22.4 Å². The number of likely N-dealkylation sites (N-methyl/N-ethyl adjacent to an activating group) is 1. The van der Waals surface area contributed by atoms with Crippen LogP contribution in [0.25, 0.3) is 0 Å². The lowest BCUT2D eigenvalue weighted by molar-refractivity contribution is -0.138. The molecule has 0 aromatic heterocycles. The highest BCUT2D eigenvalue weighted by Gasteiger charge is 2.33. The minimum atomic E-state index is -4.30. The van der Waals surface area contributed by atoms with Crippen LogP contribution in [-0.2, 0) is 26.0 Å². The van der Waals surface area contributed by atoms with Gasteiger partial charge in [0.2, 0.25) is 11.8 Å². The van der Waals surface area contributed by atoms with Crippen molar-refractivity contribution in [3.8, 4) is 0 Å². The number of hydrogen-bond acceptors (Lipinski definition) is 4. The molecule has 0 aliphatic rings. The Balaban J connectivity index is 1.98. The van der Waals surface area contributed by atoms with Crippen molar-refractivity contribution in [3.63, 3.8) is 0 Å². The molecule has 7 nitrogen and oxygen atoms in total. The summed E-state index contributed by atoms with van der Waals surface area (Å²) in [7, 11) is -2.83. The van der Waals surface area contributed by atoms with Crippen molar-refractivity contribution in [3.05, 3.63) is 95.8 Å². The number of rotatable bonds is 10. The Morgan fingerprint density at radius 1 is 0.944 bits per heavy atom. The predicted octanol–water partition coefficient (Wildman–Crippen LogP) is 3.54. The first-order valence-electron chi connectivity index (χ1n) is 11.5. The number of anilines is 1. The molecular formula is C27H30FN3O4S. The number of nitrogens with zero attached hydrogens (tertiary/aromatic N) is 2. The van der Waals surface area contributed by atoms with Crippen molar-refractivity contribution >= 4 is 27.5 Å². The van der Waals surface area contributed by atoms with E-state index < -0.39 is 40.2 Å². The van der Waals surface area contributed by atoms with E-state index in [0.717, 1.165) is 21.5 Å². The van der Waals surface area contributed by atoms with Crippen LogP contribution in [0.3, 0.4) is 0 Å². The van der Waals surface area contributed by atoms with Gasteiger partial charge < -0.3 is 10.2 Å². The molecule has 3 aromatic rings. The normalized spacial score (nSPS) is 12.0. The third-order valence-electron chi connectivity index (χ3n) is 5.91. The number of amides is 2. The van der Waals surface area contributed by atoms with Crippen LogP contribution >= 0.6 is 0 Å². The minimum Gasteiger partial charge on any atom is -0.357 e. The summed E-state index contributed by atoms with van der Waals surface area (Å²) >= 11 is 0. The van der Waals surface area contributed by atoms with E-state index in [2.05, 4.69) is 5.32 Å². The molecule has 36 heavy (non-hydrogen) atoms. The second kappa shape index (κ2) is 11.8. The first kappa shape index (κ1) is 26.9. The van der Waals surface area contributed by atoms with E-state index in [0.29, 0.717) is 6.42 Å². The van der Waals surface area contributed by atoms with E-state index in [1.165, 1.54) is 42.3 Å². The number of nitrogens with one attached hydrogen (secondary N) is 1. The molecule has 0 heterocycles. The lowest BCUT2D eigenvalue weighted by atomic mass is 10.1. The molecule has 1 atom stereocenters. The maximum atomic E-state index is 14.8. The fraction of sp³-hybridized carbons (Fsp3) is 0.259. The van der Waals surface area contributed by atoms with Gasteiger partial charge in [-0.1, -0.05) is 60.2 Å². The quantitative estimate of drug-likeness (QED) is 0.451. The zero-order valence-corrected chi connectivity index (χ0v) is 21.3. The highest BCUT2D eigenvalue weighted by molar-refractivity contribution is 7.92. The van der Waals surface area contributed by atoms with Gasteiger partial charge in [-0.15, -0.1) is 0 Å². The van der Waals surface area contributed by atoms with Gasteiger partial charge >= 0.3 is 0 Å². The minimum absolute atomic E-state index is 0.0701. The second-order valence-electron chi connectivity index (χ2n) is 8.39. The molecule has 0 fully saturated rings. The second-order valence-corrected chi connectivity index (χ2v) is 10.3. The number of carbonyl (C=O) groups is 2. The highest BCUT2D eigenvalue weighted by Crippen LogP contribution is 2.27. The van der Waals surface area contributed by atoms with E-state index in [1.807, 2.05) is 37.3 Å². The Labute approximate surface area is 211 Å². The molecule has 3 aromatic carbocycles. The zero-order chi connectivity index (χ0) is 26.3. The number of sulfonamides is 1. The monoisotopic (exact) mass is 511 g/mol. The maximum absolute atomic E-state index is 14.8. The molecule has 0 bridgehead atoms. The topological polar surface area (TPSA) is 86.8 Å². The zero-order valence-electron chi connectivity index (χ0n) is 20.5. The van der Waals surface area contributed by atoms with Gasteiger partial charge in [-0.25, -0.2) is 12.8 Å². The lowest BCUT2D eigenvalue weighted by Crippen LogP contribution is -2.51. The van der Waals surface area contributed by atoms with Crippen LogP contribution in [0, 0.1) is 12.7 Å². The fourth-order valence-electron chi connectivity index (χ4n) is 3.78. The van der Waals surface area contributed by atoms with E-state index in [9.17, 15) is 22.4 Å². The van der Waals surface area contributed by atoms with Gasteiger partial charge in [0, 0.05) is 13.6 Å². The third kappa shape index (κ3) is 6.28. The average Bonchev–Trinajstić information content (AvgIpc) is 2.88. The van der Waals surface area contributed by atoms with E-state index in [-0.39, 0.29) is 17.1 Å². The van der Waals surface area contributed by atoms with Crippen LogP contribution in [-0.4, -0.2) is 51.3 Å². The fourth-order valence-corrected chi connectivity index (χ4v) is 5.21. The van der Waals surface area contributed by atoms with Crippen LogP contribution in [0.4, 0.5) is 10.1 Å². The molecule has 0 aliphatic carbocycles. The van der Waals surface area contributed by atoms with E-state index >= 15 is 0 Å². The van der Waals surface area contributed by atoms with Crippen LogP contribution < -0.4 is 9.62 Å². The van der Waals surface area contributed by atoms with E-state index in [4.69, 9.17) is 0 Å². The van der Waals surface area contributed by atoms with Crippen molar-refractivity contribution in [1.82, 2.24) is 10.2 Å². The SMILES string of the molecule is CNC(=O)C(C)N(CCc1ccccc1)C(=O)CN(c1ccccc1F)S(=O)(=O)c1ccc(C)cc1. The number of halogens is 1. The Bertz CT molecular complexity index is 1300. The molecule has 0 saturated carbocycles. The van der Waals surface area contributed by atoms with Crippen LogP contribution in [0.5, 0.6) is 0 Å². The molecule has 2 amide bonds. The molecule has 0 saturated heterocycles. The third-order valence-corrected chi connectivity index (χ3v) is 7.68. The molecule has 0 aliphatic heterocycles. The molecule has 0 radical (unpaired) electrons. The first-order chi connectivity index (χ1) is 17.1. The van der Waals surface area contributed by atoms with Crippen molar-refractivity contribution in [1.29, 1.82) is 0 Å². The molecule has 0 spiro atoms. The summed E-state index contributed by atoms with van der Waals surface area (Å²) in [6, 6.07) is 20.1. The largest absolute Gasteiger partial charge is 0.357 e. The van der Waals surface area contributed by atoms with Crippen molar-refractivity contribution in [2.45, 2.75) is 31.2 Å². The smallest absolute Gasteiger partial charge is 0.264 e. The van der Waals surface area contributed by atoms with Crippen molar-refractivity contribution in [2.75, 3.05) is 24.4 Å². The number of hydrogen-bond donors (Lipinski definition) is 1. The molecule has 9 heteroatoms. The van der Waals surface area contributed by atoms with Crippen LogP contribution in [0.15, 0.2) is 83.8 Å². The van der Waals surface area contributed by atoms with Gasteiger partial charge in [0.25, 0.3) is 10.0 Å². The molecule has 3 rings (SSSR count). The number of para-hydroxylation sites is 1. The van der Waals surface area contributed by atoms with Gasteiger partial charge in [-0.2, -0.15) is 0 Å². The first-order valence-corrected chi connectivity index (χ1v) is 13.0. The molecule has 1 unspecified atom stereocenters.